The van der Waals surface area contributed by atoms with Gasteiger partial charge >= 0.3 is 5.97 Å². The molecule has 2 aromatic carbocycles. The highest BCUT2D eigenvalue weighted by Crippen LogP contribution is 2.22. The Balaban J connectivity index is 1.68. The van der Waals surface area contributed by atoms with E-state index in [0.717, 1.165) is 27.5 Å². The van der Waals surface area contributed by atoms with E-state index in [9.17, 15) is 9.59 Å². The van der Waals surface area contributed by atoms with E-state index in [1.54, 1.807) is 11.3 Å². The molecule has 29 heavy (non-hydrogen) atoms. The van der Waals surface area contributed by atoms with Gasteiger partial charge in [0.15, 0.2) is 4.96 Å². The maximum absolute atomic E-state index is 13.0. The molecular formula is C22H17N3O3S. The summed E-state index contributed by atoms with van der Waals surface area (Å²) < 4.78 is 9.21. The Bertz CT molecular complexity index is 1490. The van der Waals surface area contributed by atoms with Crippen LogP contribution < -0.4 is 10.1 Å². The summed E-state index contributed by atoms with van der Waals surface area (Å²) in [4.78, 5) is 30.2. The van der Waals surface area contributed by atoms with Crippen LogP contribution >= 0.6 is 11.3 Å². The fourth-order valence-electron chi connectivity index (χ4n) is 3.62. The molecule has 5 aromatic rings. The van der Waals surface area contributed by atoms with Crippen LogP contribution in [-0.4, -0.2) is 26.5 Å². The summed E-state index contributed by atoms with van der Waals surface area (Å²) >= 11 is 1.37. The lowest BCUT2D eigenvalue weighted by Gasteiger charge is -2.04. The molecule has 7 heteroatoms. The maximum atomic E-state index is 13.0. The molecule has 0 saturated carbocycles. The van der Waals surface area contributed by atoms with Crippen molar-refractivity contribution in [1.29, 1.82) is 0 Å². The second-order valence-electron chi connectivity index (χ2n) is 6.67. The second kappa shape index (κ2) is 6.86. The fourth-order valence-corrected chi connectivity index (χ4v) is 4.60. The van der Waals surface area contributed by atoms with Crippen molar-refractivity contribution in [1.82, 2.24) is 14.0 Å². The standard InChI is InChI=1S/C22H17N3O3S/c1-2-28-20(26)13-24-12-14(15-7-3-5-9-17(15)24)11-19-21(27)25-18-10-6-4-8-16(18)23-22(25)29-19/h3-12H,2,13H2,1H3/b19-11+. The second-order valence-corrected chi connectivity index (χ2v) is 7.68. The molecule has 0 amide bonds. The summed E-state index contributed by atoms with van der Waals surface area (Å²) in [6.07, 6.45) is 3.77. The number of aromatic nitrogens is 3. The highest BCUT2D eigenvalue weighted by atomic mass is 32.1. The zero-order valence-electron chi connectivity index (χ0n) is 15.7. The minimum absolute atomic E-state index is 0.0825. The number of imidazole rings is 1. The van der Waals surface area contributed by atoms with Crippen molar-refractivity contribution in [2.75, 3.05) is 6.61 Å². The lowest BCUT2D eigenvalue weighted by atomic mass is 10.2. The molecule has 5 rings (SSSR count). The van der Waals surface area contributed by atoms with Gasteiger partial charge in [-0.2, -0.15) is 0 Å². The number of ether oxygens (including phenoxy) is 1. The number of thiazole rings is 1. The summed E-state index contributed by atoms with van der Waals surface area (Å²) in [7, 11) is 0. The molecule has 0 aliphatic heterocycles. The van der Waals surface area contributed by atoms with Gasteiger partial charge in [-0.3, -0.25) is 9.59 Å². The van der Waals surface area contributed by atoms with E-state index in [0.29, 0.717) is 16.1 Å². The summed E-state index contributed by atoms with van der Waals surface area (Å²) in [6, 6.07) is 15.4. The van der Waals surface area contributed by atoms with E-state index in [2.05, 4.69) is 4.98 Å². The number of esters is 1. The van der Waals surface area contributed by atoms with E-state index in [1.807, 2.05) is 65.4 Å². The normalized spacial score (nSPS) is 12.4. The van der Waals surface area contributed by atoms with Crippen molar-refractivity contribution in [3.63, 3.8) is 0 Å². The predicted molar refractivity (Wildman–Crippen MR) is 114 cm³/mol. The van der Waals surface area contributed by atoms with E-state index < -0.39 is 0 Å². The van der Waals surface area contributed by atoms with Gasteiger partial charge in [0.1, 0.15) is 6.54 Å². The summed E-state index contributed by atoms with van der Waals surface area (Å²) in [5, 5.41) is 0.979. The smallest absolute Gasteiger partial charge is 0.325 e. The van der Waals surface area contributed by atoms with Crippen LogP contribution in [0.5, 0.6) is 0 Å². The van der Waals surface area contributed by atoms with Crippen LogP contribution in [0.25, 0.3) is 33.0 Å². The molecule has 0 bridgehead atoms. The Hall–Kier alpha value is -3.45. The van der Waals surface area contributed by atoms with E-state index in [1.165, 1.54) is 11.3 Å². The zero-order chi connectivity index (χ0) is 20.0. The Labute approximate surface area is 169 Å². The van der Waals surface area contributed by atoms with Crippen molar-refractivity contribution in [2.45, 2.75) is 13.5 Å². The van der Waals surface area contributed by atoms with E-state index in [4.69, 9.17) is 4.74 Å². The molecule has 0 aliphatic carbocycles. The molecule has 6 nitrogen and oxygen atoms in total. The molecule has 0 N–H and O–H groups in total. The fraction of sp³-hybridized carbons (Fsp3) is 0.136. The maximum Gasteiger partial charge on any atom is 0.325 e. The minimum Gasteiger partial charge on any atom is -0.465 e. The SMILES string of the molecule is CCOC(=O)Cn1cc(/C=c2/sc3nc4ccccc4n3c2=O)c2ccccc21. The Morgan fingerprint density at radius 3 is 2.72 bits per heavy atom. The lowest BCUT2D eigenvalue weighted by molar-refractivity contribution is -0.143. The topological polar surface area (TPSA) is 65.6 Å². The number of para-hydroxylation sites is 3. The summed E-state index contributed by atoms with van der Waals surface area (Å²) in [5.41, 5.74) is 3.35. The Kier molecular flexibility index (Phi) is 4.17. The molecule has 144 valence electrons. The van der Waals surface area contributed by atoms with Crippen molar-refractivity contribution in [2.24, 2.45) is 0 Å². The van der Waals surface area contributed by atoms with Gasteiger partial charge < -0.3 is 9.30 Å². The third-order valence-corrected chi connectivity index (χ3v) is 5.82. The van der Waals surface area contributed by atoms with Crippen LogP contribution in [0.1, 0.15) is 12.5 Å². The third kappa shape index (κ3) is 2.91. The minimum atomic E-state index is -0.287. The van der Waals surface area contributed by atoms with Crippen LogP contribution in [0.3, 0.4) is 0 Å². The number of hydrogen-bond acceptors (Lipinski definition) is 5. The molecule has 0 saturated heterocycles. The van der Waals surface area contributed by atoms with Crippen LogP contribution in [0.4, 0.5) is 0 Å². The van der Waals surface area contributed by atoms with E-state index in [-0.39, 0.29) is 18.1 Å². The van der Waals surface area contributed by atoms with Gasteiger partial charge in [0, 0.05) is 22.7 Å². The first kappa shape index (κ1) is 17.6. The average Bonchev–Trinajstić information content (AvgIpc) is 3.34. The van der Waals surface area contributed by atoms with Crippen LogP contribution in [0, 0.1) is 0 Å². The number of carbonyl (C=O) groups is 1. The Morgan fingerprint density at radius 1 is 1.14 bits per heavy atom. The quantitative estimate of drug-likeness (QED) is 0.433. The first-order valence-electron chi connectivity index (χ1n) is 9.31. The monoisotopic (exact) mass is 403 g/mol. The lowest BCUT2D eigenvalue weighted by Crippen LogP contribution is -2.22. The molecule has 0 fully saturated rings. The van der Waals surface area contributed by atoms with Gasteiger partial charge in [-0.15, -0.1) is 0 Å². The predicted octanol–water partition coefficient (Wildman–Crippen LogP) is 2.97. The number of nitrogens with zero attached hydrogens (tertiary/aromatic N) is 3. The van der Waals surface area contributed by atoms with Crippen LogP contribution in [0.15, 0.2) is 59.5 Å². The van der Waals surface area contributed by atoms with Crippen molar-refractivity contribution < 1.29 is 9.53 Å². The van der Waals surface area contributed by atoms with Gasteiger partial charge in [-0.1, -0.05) is 41.7 Å². The number of rotatable bonds is 4. The first-order valence-corrected chi connectivity index (χ1v) is 10.1. The van der Waals surface area contributed by atoms with Crippen LogP contribution in [-0.2, 0) is 16.1 Å². The van der Waals surface area contributed by atoms with Gasteiger partial charge in [-0.05, 0) is 31.2 Å². The molecule has 0 unspecified atom stereocenters. The van der Waals surface area contributed by atoms with Gasteiger partial charge in [-0.25, -0.2) is 9.38 Å². The molecule has 3 heterocycles. The molecule has 3 aromatic heterocycles. The molecule has 0 atom stereocenters. The number of benzene rings is 2. The number of carbonyl (C=O) groups excluding carboxylic acids is 1. The molecule has 0 aliphatic rings. The first-order chi connectivity index (χ1) is 14.2. The molecule has 0 radical (unpaired) electrons. The molecule has 0 spiro atoms. The van der Waals surface area contributed by atoms with Gasteiger partial charge in [0.2, 0.25) is 0 Å². The van der Waals surface area contributed by atoms with Gasteiger partial charge in [0.05, 0.1) is 22.2 Å². The van der Waals surface area contributed by atoms with Crippen molar-refractivity contribution in [3.8, 4) is 0 Å². The zero-order valence-corrected chi connectivity index (χ0v) is 16.5. The number of hydrogen-bond donors (Lipinski definition) is 0. The van der Waals surface area contributed by atoms with Crippen molar-refractivity contribution >= 4 is 50.3 Å². The summed E-state index contributed by atoms with van der Waals surface area (Å²) in [5.74, 6) is -0.287. The average molecular weight is 403 g/mol. The van der Waals surface area contributed by atoms with E-state index >= 15 is 0 Å². The number of fused-ring (bicyclic) bond motifs is 4. The highest BCUT2D eigenvalue weighted by Gasteiger charge is 2.13. The van der Waals surface area contributed by atoms with Gasteiger partial charge in [0.25, 0.3) is 5.56 Å². The van der Waals surface area contributed by atoms with Crippen LogP contribution in [0.2, 0.25) is 0 Å². The Morgan fingerprint density at radius 2 is 1.90 bits per heavy atom. The van der Waals surface area contributed by atoms with Crippen molar-refractivity contribution in [3.05, 3.63) is 75.2 Å². The third-order valence-electron chi connectivity index (χ3n) is 4.86. The highest BCUT2D eigenvalue weighted by molar-refractivity contribution is 7.15. The largest absolute Gasteiger partial charge is 0.465 e. The molecular weight excluding hydrogens is 386 g/mol. The summed E-state index contributed by atoms with van der Waals surface area (Å²) in [6.45, 7) is 2.27.